The molecule has 2 aliphatic carbocycles. The predicted molar refractivity (Wildman–Crippen MR) is 116 cm³/mol. The lowest BCUT2D eigenvalue weighted by atomic mass is 9.70. The van der Waals surface area contributed by atoms with E-state index in [-0.39, 0.29) is 17.1 Å². The molecule has 2 fully saturated rings. The van der Waals surface area contributed by atoms with Gasteiger partial charge in [-0.2, -0.15) is 0 Å². The second kappa shape index (κ2) is 10.6. The van der Waals surface area contributed by atoms with Crippen molar-refractivity contribution in [3.05, 3.63) is 0 Å². The number of ketones is 2. The molecule has 2 bridgehead atoms. The third-order valence-corrected chi connectivity index (χ3v) is 9.94. The Bertz CT molecular complexity index is 633. The van der Waals surface area contributed by atoms with Gasteiger partial charge in [-0.25, -0.2) is 8.42 Å². The first-order valence-corrected chi connectivity index (χ1v) is 13.8. The molecule has 0 aromatic heterocycles. The number of rotatable bonds is 10. The molecule has 0 N–H and O–H groups in total. The van der Waals surface area contributed by atoms with Crippen LogP contribution in [-0.2, 0) is 30.6 Å². The van der Waals surface area contributed by atoms with Crippen LogP contribution in [0.3, 0.4) is 0 Å². The summed E-state index contributed by atoms with van der Waals surface area (Å²) in [7, 11) is -3.93. The summed E-state index contributed by atoms with van der Waals surface area (Å²) in [6.07, 6.45) is 6.98. The second-order valence-electron chi connectivity index (χ2n) is 8.94. The predicted octanol–water partition coefficient (Wildman–Crippen LogP) is 3.72. The van der Waals surface area contributed by atoms with Crippen LogP contribution < -0.4 is 0 Å². The van der Waals surface area contributed by atoms with Gasteiger partial charge < -0.3 is 4.55 Å². The lowest BCUT2D eigenvalue weighted by Crippen LogP contribution is -2.42. The largest absolute Gasteiger partial charge is 0.748 e. The summed E-state index contributed by atoms with van der Waals surface area (Å²) >= 11 is 0. The van der Waals surface area contributed by atoms with Crippen LogP contribution >= 0.6 is 0 Å². The molecule has 2 rings (SSSR count). The quantitative estimate of drug-likeness (QED) is 0.386. The van der Waals surface area contributed by atoms with E-state index >= 15 is 0 Å². The second-order valence-corrected chi connectivity index (χ2v) is 12.7. The van der Waals surface area contributed by atoms with Crippen molar-refractivity contribution in [1.82, 2.24) is 0 Å². The summed E-state index contributed by atoms with van der Waals surface area (Å²) in [4.78, 5) is 22.8. The van der Waals surface area contributed by atoms with Crippen LogP contribution in [0.25, 0.3) is 0 Å². The van der Waals surface area contributed by atoms with E-state index in [2.05, 4.69) is 13.8 Å². The molecule has 0 radical (unpaired) electrons. The van der Waals surface area contributed by atoms with Crippen LogP contribution in [0.15, 0.2) is 0 Å². The molecule has 7 heteroatoms. The van der Waals surface area contributed by atoms with E-state index in [9.17, 15) is 22.6 Å². The Morgan fingerprint density at radius 2 is 1.71 bits per heavy atom. The van der Waals surface area contributed by atoms with Gasteiger partial charge in [0.1, 0.15) is 17.3 Å². The first-order valence-electron chi connectivity index (χ1n) is 10.5. The zero-order valence-electron chi connectivity index (χ0n) is 18.2. The number of carbonyl (C=O) groups excluding carboxylic acids is 2. The molecule has 0 saturated heterocycles. The number of unbranched alkanes of at least 4 members (excludes halogenated alkanes) is 2. The Balaban J connectivity index is 0.000000284. The van der Waals surface area contributed by atoms with Gasteiger partial charge in [0.25, 0.3) is 0 Å². The first-order chi connectivity index (χ1) is 12.9. The van der Waals surface area contributed by atoms with E-state index in [1.807, 2.05) is 13.8 Å². The molecule has 0 spiro atoms. The van der Waals surface area contributed by atoms with Crippen LogP contribution in [0, 0.1) is 16.7 Å². The summed E-state index contributed by atoms with van der Waals surface area (Å²) in [6.45, 7) is 9.99. The third kappa shape index (κ3) is 6.56. The van der Waals surface area contributed by atoms with Crippen LogP contribution in [0.5, 0.6) is 0 Å². The van der Waals surface area contributed by atoms with Crippen LogP contribution in [0.2, 0.25) is 0 Å². The maximum atomic E-state index is 11.8. The monoisotopic (exact) mass is 434 g/mol. The van der Waals surface area contributed by atoms with E-state index in [1.54, 1.807) is 6.92 Å². The van der Waals surface area contributed by atoms with E-state index in [4.69, 9.17) is 0 Å². The average Bonchev–Trinajstić information content (AvgIpc) is 2.90. The minimum Gasteiger partial charge on any atom is -0.748 e. The van der Waals surface area contributed by atoms with E-state index in [0.717, 1.165) is 12.2 Å². The smallest absolute Gasteiger partial charge is 0.178 e. The fourth-order valence-electron chi connectivity index (χ4n) is 4.64. The molecule has 164 valence electrons. The minimum absolute atomic E-state index is 0.0248. The Hall–Kier alpha value is -0.400. The standard InChI is InChI=1S/C11H23OS.C10H16O4S/c1-4-6-8-13(9-7-5-2)10-11(3)12;1-9(2)7-3-4-10(9,8(11)5-7)6-15(12,13)14/h4-10H2,1-3H3;7H,3-6H2,1-2H3,(H,12,13,14)/q+1;/p-1. The van der Waals surface area contributed by atoms with Gasteiger partial charge in [0.15, 0.2) is 11.5 Å². The van der Waals surface area contributed by atoms with Gasteiger partial charge in [-0.1, -0.05) is 40.5 Å². The summed E-state index contributed by atoms with van der Waals surface area (Å²) in [5, 5.41) is 0. The Labute approximate surface area is 174 Å². The lowest BCUT2D eigenvalue weighted by molar-refractivity contribution is -0.128. The fourth-order valence-corrected chi connectivity index (χ4v) is 8.38. The van der Waals surface area contributed by atoms with Crippen LogP contribution in [-0.4, -0.2) is 47.5 Å². The van der Waals surface area contributed by atoms with Gasteiger partial charge in [-0.3, -0.25) is 9.59 Å². The van der Waals surface area contributed by atoms with Gasteiger partial charge in [-0.05, 0) is 54.8 Å². The molecule has 0 aliphatic heterocycles. The average molecular weight is 435 g/mol. The zero-order chi connectivity index (χ0) is 21.6. The number of fused-ring (bicyclic) bond motifs is 2. The van der Waals surface area contributed by atoms with Crippen LogP contribution in [0.4, 0.5) is 0 Å². The van der Waals surface area contributed by atoms with Crippen molar-refractivity contribution in [2.45, 2.75) is 79.6 Å². The van der Waals surface area contributed by atoms with Crippen molar-refractivity contribution < 1.29 is 22.6 Å². The van der Waals surface area contributed by atoms with Gasteiger partial charge >= 0.3 is 0 Å². The van der Waals surface area contributed by atoms with Crippen molar-refractivity contribution >= 4 is 32.6 Å². The van der Waals surface area contributed by atoms with Crippen molar-refractivity contribution in [2.75, 3.05) is 23.0 Å². The number of carbonyl (C=O) groups is 2. The number of Topliss-reactive ketones (excluding diaryl/α,β-unsaturated/α-hetero) is 2. The molecule has 0 aromatic carbocycles. The molecule has 2 unspecified atom stereocenters. The molecular weight excluding hydrogens is 396 g/mol. The molecule has 2 atom stereocenters. The highest BCUT2D eigenvalue weighted by molar-refractivity contribution is 7.97. The minimum atomic E-state index is -4.33. The van der Waals surface area contributed by atoms with Gasteiger partial charge in [0.05, 0.1) is 15.9 Å². The van der Waals surface area contributed by atoms with Crippen LogP contribution in [0.1, 0.15) is 79.6 Å². The summed E-state index contributed by atoms with van der Waals surface area (Å²) < 4.78 is 32.7. The molecule has 2 aliphatic rings. The summed E-state index contributed by atoms with van der Waals surface area (Å²) in [5.41, 5.74) is -1.22. The molecule has 0 amide bonds. The van der Waals surface area contributed by atoms with Crippen molar-refractivity contribution in [3.8, 4) is 0 Å². The summed E-state index contributed by atoms with van der Waals surface area (Å²) in [5.74, 6) is 3.47. The number of hydrogen-bond acceptors (Lipinski definition) is 5. The van der Waals surface area contributed by atoms with Crippen molar-refractivity contribution in [2.24, 2.45) is 16.7 Å². The summed E-state index contributed by atoms with van der Waals surface area (Å²) in [6, 6.07) is 0. The van der Waals surface area contributed by atoms with Gasteiger partial charge in [0, 0.05) is 11.8 Å². The fraction of sp³-hybridized carbons (Fsp3) is 0.905. The zero-order valence-corrected chi connectivity index (χ0v) is 19.8. The SMILES string of the molecule is CC1(C)C2CCC1(CS(=O)(=O)[O-])C(=O)C2.CCCC[S+](CCCC)CC(C)=O. The van der Waals surface area contributed by atoms with E-state index in [1.165, 1.54) is 37.2 Å². The van der Waals surface area contributed by atoms with Gasteiger partial charge in [-0.15, -0.1) is 0 Å². The highest BCUT2D eigenvalue weighted by Crippen LogP contribution is 2.64. The van der Waals surface area contributed by atoms with E-state index in [0.29, 0.717) is 29.5 Å². The maximum Gasteiger partial charge on any atom is 0.178 e. The molecule has 2 saturated carbocycles. The highest BCUT2D eigenvalue weighted by atomic mass is 32.2. The maximum absolute atomic E-state index is 11.8. The molecule has 0 aromatic rings. The van der Waals surface area contributed by atoms with Crippen molar-refractivity contribution in [3.63, 3.8) is 0 Å². The molecular formula is C21H38O5S2. The molecule has 28 heavy (non-hydrogen) atoms. The van der Waals surface area contributed by atoms with Crippen molar-refractivity contribution in [1.29, 1.82) is 0 Å². The Morgan fingerprint density at radius 1 is 1.18 bits per heavy atom. The van der Waals surface area contributed by atoms with Gasteiger partial charge in [0.2, 0.25) is 0 Å². The highest BCUT2D eigenvalue weighted by Gasteiger charge is 2.64. The normalized spacial score (nSPS) is 25.7. The lowest BCUT2D eigenvalue weighted by Gasteiger charge is -2.37. The number of hydrogen-bond donors (Lipinski definition) is 0. The third-order valence-electron chi connectivity index (χ3n) is 6.54. The topological polar surface area (TPSA) is 91.3 Å². The Kier molecular flexibility index (Phi) is 9.68. The first kappa shape index (κ1) is 25.6. The molecule has 5 nitrogen and oxygen atoms in total. The molecule has 0 heterocycles. The van der Waals surface area contributed by atoms with E-state index < -0.39 is 21.3 Å². The Morgan fingerprint density at radius 3 is 2.04 bits per heavy atom.